The molecule has 96 valence electrons. The van der Waals surface area contributed by atoms with E-state index < -0.39 is 19.0 Å². The Bertz CT molecular complexity index is 242. The Hall–Kier alpha value is -0.460. The number of rotatable bonds is 6. The fraction of sp³-hybridized carbons (Fsp3) is 0.889. The number of hydrogen-bond acceptors (Lipinski definition) is 3. The molecule has 0 saturated heterocycles. The minimum absolute atomic E-state index is 0. The molecule has 2 atom stereocenters. The highest BCUT2D eigenvalue weighted by atomic mass is 35.5. The van der Waals surface area contributed by atoms with E-state index in [2.05, 4.69) is 5.32 Å². The molecule has 0 aromatic rings. The average Bonchev–Trinajstić information content (AvgIpc) is 2.95. The van der Waals surface area contributed by atoms with E-state index in [-0.39, 0.29) is 30.3 Å². The Balaban J connectivity index is 0.00000225. The molecular weight excluding hydrogens is 242 g/mol. The van der Waals surface area contributed by atoms with Crippen LogP contribution in [0.5, 0.6) is 0 Å². The summed E-state index contributed by atoms with van der Waals surface area (Å²) in [5, 5.41) is 2.18. The van der Waals surface area contributed by atoms with Crippen LogP contribution in [0.2, 0.25) is 0 Å². The lowest BCUT2D eigenvalue weighted by Gasteiger charge is -2.14. The van der Waals surface area contributed by atoms with E-state index in [0.29, 0.717) is 13.0 Å². The Morgan fingerprint density at radius 3 is 2.75 bits per heavy atom. The molecule has 1 fully saturated rings. The smallest absolute Gasteiger partial charge is 0.277 e. The first-order valence-electron chi connectivity index (χ1n) is 4.97. The third-order valence-electron chi connectivity index (χ3n) is 2.27. The molecule has 0 heterocycles. The summed E-state index contributed by atoms with van der Waals surface area (Å²) < 4.78 is 30.5. The summed E-state index contributed by atoms with van der Waals surface area (Å²) in [7, 11) is 0. The normalized spacial score (nSPS) is 23.5. The van der Waals surface area contributed by atoms with Crippen LogP contribution in [0.3, 0.4) is 0 Å². The van der Waals surface area contributed by atoms with Gasteiger partial charge >= 0.3 is 0 Å². The zero-order valence-corrected chi connectivity index (χ0v) is 9.86. The number of nitrogens with two attached hydrogens (primary N) is 1. The third kappa shape index (κ3) is 4.59. The van der Waals surface area contributed by atoms with Crippen LogP contribution in [0.25, 0.3) is 0 Å². The van der Waals surface area contributed by atoms with E-state index >= 15 is 0 Å². The predicted octanol–water partition coefficient (Wildman–Crippen LogP) is 0.543. The maximum absolute atomic E-state index is 12.7. The van der Waals surface area contributed by atoms with Gasteiger partial charge in [-0.2, -0.15) is 0 Å². The van der Waals surface area contributed by atoms with Gasteiger partial charge in [-0.3, -0.25) is 4.79 Å². The van der Waals surface area contributed by atoms with Crippen molar-refractivity contribution in [2.24, 2.45) is 11.7 Å². The van der Waals surface area contributed by atoms with Crippen molar-refractivity contribution in [2.75, 3.05) is 19.7 Å². The minimum Gasteiger partial charge on any atom is -0.378 e. The third-order valence-corrected chi connectivity index (χ3v) is 2.27. The Morgan fingerprint density at radius 2 is 2.25 bits per heavy atom. The number of amides is 1. The summed E-state index contributed by atoms with van der Waals surface area (Å²) in [6.07, 6.45) is 0.523. The van der Waals surface area contributed by atoms with Crippen LogP contribution >= 0.6 is 12.4 Å². The molecule has 1 rings (SSSR count). The van der Waals surface area contributed by atoms with Crippen LogP contribution in [0.15, 0.2) is 0 Å². The number of carbonyl (C=O) groups excluding carboxylic acids is 1. The van der Waals surface area contributed by atoms with Gasteiger partial charge in [0.15, 0.2) is 0 Å². The van der Waals surface area contributed by atoms with Crippen molar-refractivity contribution in [3.05, 3.63) is 0 Å². The van der Waals surface area contributed by atoms with Crippen LogP contribution in [0.4, 0.5) is 8.78 Å². The second kappa shape index (κ2) is 6.32. The van der Waals surface area contributed by atoms with Gasteiger partial charge in [0.25, 0.3) is 5.92 Å². The molecule has 0 spiro atoms. The van der Waals surface area contributed by atoms with Gasteiger partial charge < -0.3 is 15.8 Å². The summed E-state index contributed by atoms with van der Waals surface area (Å²) in [4.78, 5) is 11.3. The fourth-order valence-corrected chi connectivity index (χ4v) is 1.27. The topological polar surface area (TPSA) is 64.3 Å². The van der Waals surface area contributed by atoms with E-state index in [9.17, 15) is 13.6 Å². The van der Waals surface area contributed by atoms with Gasteiger partial charge in [-0.1, -0.05) is 0 Å². The molecule has 2 unspecified atom stereocenters. The molecule has 1 aliphatic rings. The Morgan fingerprint density at radius 1 is 1.62 bits per heavy atom. The zero-order chi connectivity index (χ0) is 11.5. The lowest BCUT2D eigenvalue weighted by atomic mass is 10.3. The predicted molar refractivity (Wildman–Crippen MR) is 57.8 cm³/mol. The lowest BCUT2D eigenvalue weighted by molar-refractivity contribution is -0.125. The second-order valence-electron chi connectivity index (χ2n) is 3.61. The summed E-state index contributed by atoms with van der Waals surface area (Å²) in [6.45, 7) is 0.910. The molecular formula is C9H17ClF2N2O2. The molecule has 3 N–H and O–H groups in total. The van der Waals surface area contributed by atoms with E-state index in [0.717, 1.165) is 0 Å². The van der Waals surface area contributed by atoms with Crippen molar-refractivity contribution >= 4 is 18.3 Å². The van der Waals surface area contributed by atoms with Crippen molar-refractivity contribution in [2.45, 2.75) is 25.4 Å². The van der Waals surface area contributed by atoms with Crippen LogP contribution in [0, 0.1) is 5.92 Å². The number of ether oxygens (including phenoxy) is 1. The van der Waals surface area contributed by atoms with Gasteiger partial charge in [0.2, 0.25) is 5.91 Å². The standard InChI is InChI=1S/C9H16F2N2O2.ClH/c1-2-15-7-3-6(7)8(14)13-5-9(10,11)4-12;/h6-7H,2-5,12H2,1H3,(H,13,14);1H. The number of alkyl halides is 2. The van der Waals surface area contributed by atoms with E-state index in [1.165, 1.54) is 0 Å². The van der Waals surface area contributed by atoms with Crippen molar-refractivity contribution in [3.8, 4) is 0 Å². The SMILES string of the molecule is CCOC1CC1C(=O)NCC(F)(F)CN.Cl. The second-order valence-corrected chi connectivity index (χ2v) is 3.61. The molecule has 0 aromatic carbocycles. The first-order valence-corrected chi connectivity index (χ1v) is 4.97. The molecule has 16 heavy (non-hydrogen) atoms. The molecule has 4 nitrogen and oxygen atoms in total. The maximum atomic E-state index is 12.7. The monoisotopic (exact) mass is 258 g/mol. The van der Waals surface area contributed by atoms with Gasteiger partial charge in [-0.15, -0.1) is 12.4 Å². The highest BCUT2D eigenvalue weighted by Crippen LogP contribution is 2.33. The largest absolute Gasteiger partial charge is 0.378 e. The van der Waals surface area contributed by atoms with E-state index in [1.807, 2.05) is 6.92 Å². The van der Waals surface area contributed by atoms with Gasteiger partial charge in [0, 0.05) is 6.61 Å². The number of hydrogen-bond donors (Lipinski definition) is 2. The summed E-state index contributed by atoms with van der Waals surface area (Å²) >= 11 is 0. The molecule has 1 saturated carbocycles. The highest BCUT2D eigenvalue weighted by Gasteiger charge is 2.44. The molecule has 0 aromatic heterocycles. The maximum Gasteiger partial charge on any atom is 0.277 e. The molecule has 1 amide bonds. The van der Waals surface area contributed by atoms with Gasteiger partial charge in [-0.05, 0) is 13.3 Å². The molecule has 7 heteroatoms. The molecule has 1 aliphatic carbocycles. The first kappa shape index (κ1) is 15.5. The number of halogens is 3. The fourth-order valence-electron chi connectivity index (χ4n) is 1.27. The minimum atomic E-state index is -3.02. The van der Waals surface area contributed by atoms with E-state index in [1.54, 1.807) is 0 Å². The van der Waals surface area contributed by atoms with E-state index in [4.69, 9.17) is 10.5 Å². The number of carbonyl (C=O) groups is 1. The number of nitrogens with one attached hydrogen (secondary N) is 1. The first-order chi connectivity index (χ1) is 7.00. The van der Waals surface area contributed by atoms with Crippen LogP contribution in [0.1, 0.15) is 13.3 Å². The summed E-state index contributed by atoms with van der Waals surface area (Å²) in [5.41, 5.74) is 4.83. The van der Waals surface area contributed by atoms with Crippen molar-refractivity contribution in [1.29, 1.82) is 0 Å². The summed E-state index contributed by atoms with van der Waals surface area (Å²) in [6, 6.07) is 0. The van der Waals surface area contributed by atoms with Crippen molar-refractivity contribution in [1.82, 2.24) is 5.32 Å². The van der Waals surface area contributed by atoms with Crippen LogP contribution < -0.4 is 11.1 Å². The van der Waals surface area contributed by atoms with Gasteiger partial charge in [0.05, 0.1) is 25.1 Å². The average molecular weight is 259 g/mol. The van der Waals surface area contributed by atoms with Crippen molar-refractivity contribution in [3.63, 3.8) is 0 Å². The lowest BCUT2D eigenvalue weighted by Crippen LogP contribution is -2.42. The van der Waals surface area contributed by atoms with Crippen LogP contribution in [-0.4, -0.2) is 37.6 Å². The Kier molecular flexibility index (Phi) is 6.14. The molecule has 0 bridgehead atoms. The van der Waals surface area contributed by atoms with Crippen LogP contribution in [-0.2, 0) is 9.53 Å². The zero-order valence-electron chi connectivity index (χ0n) is 9.04. The quantitative estimate of drug-likeness (QED) is 0.731. The van der Waals surface area contributed by atoms with Crippen molar-refractivity contribution < 1.29 is 18.3 Å². The Labute approximate surface area is 99.3 Å². The molecule has 0 aliphatic heterocycles. The molecule has 0 radical (unpaired) electrons. The summed E-state index contributed by atoms with van der Waals surface area (Å²) in [5.74, 6) is -3.66. The van der Waals surface area contributed by atoms with Gasteiger partial charge in [-0.25, -0.2) is 8.78 Å². The highest BCUT2D eigenvalue weighted by molar-refractivity contribution is 5.85. The van der Waals surface area contributed by atoms with Gasteiger partial charge in [0.1, 0.15) is 0 Å².